The van der Waals surface area contributed by atoms with Gasteiger partial charge in [0.2, 0.25) is 5.91 Å². The summed E-state index contributed by atoms with van der Waals surface area (Å²) in [6.07, 6.45) is -0.317. The highest BCUT2D eigenvalue weighted by Gasteiger charge is 2.32. The lowest BCUT2D eigenvalue weighted by molar-refractivity contribution is -0.137. The van der Waals surface area contributed by atoms with Gasteiger partial charge < -0.3 is 9.72 Å². The van der Waals surface area contributed by atoms with E-state index in [-0.39, 0.29) is 11.3 Å². The molecular weight excluding hydrogens is 331 g/mol. The predicted octanol–water partition coefficient (Wildman–Crippen LogP) is 4.68. The number of pyridine rings is 1. The Kier molecular flexibility index (Phi) is 4.29. The smallest absolute Gasteiger partial charge is 0.309 e. The average molecular weight is 353 g/mol. The van der Waals surface area contributed by atoms with E-state index in [1.54, 1.807) is 0 Å². The molecular formula is C18H22F3N3O. The number of aromatic nitrogens is 2. The number of alkyl halides is 3. The van der Waals surface area contributed by atoms with Crippen LogP contribution in [0.2, 0.25) is 0 Å². The number of fused-ring (bicyclic) bond motifs is 1. The van der Waals surface area contributed by atoms with Crippen molar-refractivity contribution in [1.29, 1.82) is 0 Å². The number of hydrogen-bond donors (Lipinski definition) is 1. The Morgan fingerprint density at radius 1 is 1.28 bits per heavy atom. The summed E-state index contributed by atoms with van der Waals surface area (Å²) in [6.45, 7) is 5.99. The van der Waals surface area contributed by atoms with E-state index < -0.39 is 11.7 Å². The summed E-state index contributed by atoms with van der Waals surface area (Å²) in [4.78, 5) is 16.5. The number of rotatable bonds is 4. The van der Waals surface area contributed by atoms with Crippen LogP contribution in [-0.2, 0) is 17.4 Å². The van der Waals surface area contributed by atoms with Crippen molar-refractivity contribution in [2.45, 2.75) is 52.6 Å². The fourth-order valence-corrected chi connectivity index (χ4v) is 2.80. The van der Waals surface area contributed by atoms with Gasteiger partial charge in [0.15, 0.2) is 5.82 Å². The highest BCUT2D eigenvalue weighted by atomic mass is 19.4. The van der Waals surface area contributed by atoms with E-state index in [0.717, 1.165) is 25.1 Å². The van der Waals surface area contributed by atoms with Gasteiger partial charge in [0.25, 0.3) is 0 Å². The first kappa shape index (κ1) is 17.8. The normalized spacial score (nSPS) is 15.6. The van der Waals surface area contributed by atoms with Crippen LogP contribution < -0.4 is 5.32 Å². The summed E-state index contributed by atoms with van der Waals surface area (Å²) in [5, 5.41) is 2.80. The number of carbonyl (C=O) groups excluding carboxylic acids is 1. The molecule has 1 amide bonds. The van der Waals surface area contributed by atoms with Crippen LogP contribution in [0.1, 0.15) is 51.3 Å². The molecule has 0 atom stereocenters. The molecule has 0 unspecified atom stereocenters. The molecule has 1 aliphatic rings. The van der Waals surface area contributed by atoms with E-state index in [4.69, 9.17) is 0 Å². The highest BCUT2D eigenvalue weighted by molar-refractivity contribution is 5.91. The zero-order valence-corrected chi connectivity index (χ0v) is 14.6. The van der Waals surface area contributed by atoms with Crippen molar-refractivity contribution in [3.8, 4) is 0 Å². The number of carbonyl (C=O) groups is 1. The molecule has 3 rings (SSSR count). The molecule has 0 spiro atoms. The number of nitrogens with zero attached hydrogens (tertiary/aromatic N) is 2. The van der Waals surface area contributed by atoms with Crippen LogP contribution in [0.15, 0.2) is 18.3 Å². The van der Waals surface area contributed by atoms with Crippen LogP contribution in [0.5, 0.6) is 0 Å². The Bertz CT molecular complexity index is 798. The molecule has 2 heterocycles. The molecule has 7 heteroatoms. The lowest BCUT2D eigenvalue weighted by Crippen LogP contribution is -2.17. The van der Waals surface area contributed by atoms with Crippen molar-refractivity contribution < 1.29 is 18.0 Å². The minimum absolute atomic E-state index is 0.128. The van der Waals surface area contributed by atoms with Gasteiger partial charge >= 0.3 is 6.18 Å². The molecule has 136 valence electrons. The number of amides is 1. The zero-order valence-electron chi connectivity index (χ0n) is 14.6. The molecule has 2 aromatic rings. The summed E-state index contributed by atoms with van der Waals surface area (Å²) >= 11 is 0. The summed E-state index contributed by atoms with van der Waals surface area (Å²) in [7, 11) is 0. The molecule has 0 radical (unpaired) electrons. The fourth-order valence-electron chi connectivity index (χ4n) is 2.80. The van der Waals surface area contributed by atoms with Gasteiger partial charge in [-0.2, -0.15) is 13.2 Å². The molecule has 0 bridgehead atoms. The maximum absolute atomic E-state index is 13.0. The number of imidazole rings is 1. The van der Waals surface area contributed by atoms with Crippen molar-refractivity contribution in [3.63, 3.8) is 0 Å². The van der Waals surface area contributed by atoms with Gasteiger partial charge in [0.05, 0.1) is 11.3 Å². The summed E-state index contributed by atoms with van der Waals surface area (Å²) in [6, 6.07) is 2.35. The molecule has 0 saturated heterocycles. The summed E-state index contributed by atoms with van der Waals surface area (Å²) in [5.74, 6) is 0.664. The van der Waals surface area contributed by atoms with E-state index in [1.807, 2.05) is 20.8 Å². The van der Waals surface area contributed by atoms with Crippen LogP contribution in [0.4, 0.5) is 19.0 Å². The van der Waals surface area contributed by atoms with Gasteiger partial charge in [-0.15, -0.1) is 0 Å². The van der Waals surface area contributed by atoms with E-state index in [1.165, 1.54) is 10.5 Å². The third-order valence-electron chi connectivity index (χ3n) is 4.17. The lowest BCUT2D eigenvalue weighted by atomic mass is 9.90. The zero-order chi connectivity index (χ0) is 18.4. The van der Waals surface area contributed by atoms with Crippen LogP contribution in [0, 0.1) is 11.3 Å². The first-order chi connectivity index (χ1) is 11.5. The third kappa shape index (κ3) is 4.32. The Balaban J connectivity index is 2.01. The second-order valence-corrected chi connectivity index (χ2v) is 7.98. The van der Waals surface area contributed by atoms with E-state index >= 15 is 0 Å². The molecule has 1 saturated carbocycles. The largest absolute Gasteiger partial charge is 0.417 e. The predicted molar refractivity (Wildman–Crippen MR) is 89.3 cm³/mol. The van der Waals surface area contributed by atoms with Gasteiger partial charge in [-0.05, 0) is 42.7 Å². The van der Waals surface area contributed by atoms with Gasteiger partial charge in [0, 0.05) is 12.6 Å². The molecule has 0 aromatic carbocycles. The van der Waals surface area contributed by atoms with Crippen LogP contribution >= 0.6 is 0 Å². The van der Waals surface area contributed by atoms with Crippen LogP contribution in [-0.4, -0.2) is 15.3 Å². The average Bonchev–Trinajstić information content (AvgIpc) is 3.20. The monoisotopic (exact) mass is 353 g/mol. The fraction of sp³-hybridized carbons (Fsp3) is 0.556. The van der Waals surface area contributed by atoms with Crippen molar-refractivity contribution >= 4 is 17.4 Å². The molecule has 25 heavy (non-hydrogen) atoms. The van der Waals surface area contributed by atoms with Crippen molar-refractivity contribution in [1.82, 2.24) is 9.38 Å². The summed E-state index contributed by atoms with van der Waals surface area (Å²) in [5.41, 5.74) is 0.0929. The van der Waals surface area contributed by atoms with E-state index in [2.05, 4.69) is 10.3 Å². The van der Waals surface area contributed by atoms with Crippen molar-refractivity contribution in [3.05, 3.63) is 29.6 Å². The van der Waals surface area contributed by atoms with E-state index in [0.29, 0.717) is 35.9 Å². The number of anilines is 1. The Morgan fingerprint density at radius 3 is 2.52 bits per heavy atom. The van der Waals surface area contributed by atoms with E-state index in [9.17, 15) is 18.0 Å². The standard InChI is InChI=1S/C18H22F3N3O/c1-17(2,3)9-13-16(23-15(25)8-11-4-5-11)22-14-7-6-12(10-24(13)14)18(19,20)21/h6-7,10-11H,4-5,8-9H2,1-3H3,(H,23,25). The molecule has 0 aliphatic heterocycles. The van der Waals surface area contributed by atoms with Crippen molar-refractivity contribution in [2.24, 2.45) is 11.3 Å². The van der Waals surface area contributed by atoms with Crippen molar-refractivity contribution in [2.75, 3.05) is 5.32 Å². The number of halogens is 3. The maximum Gasteiger partial charge on any atom is 0.417 e. The van der Waals surface area contributed by atoms with Gasteiger partial charge in [-0.3, -0.25) is 4.79 Å². The van der Waals surface area contributed by atoms with Crippen LogP contribution in [0.25, 0.3) is 5.65 Å². The Hall–Kier alpha value is -2.05. The first-order valence-electron chi connectivity index (χ1n) is 8.41. The summed E-state index contributed by atoms with van der Waals surface area (Å²) < 4.78 is 40.6. The highest BCUT2D eigenvalue weighted by Crippen LogP contribution is 2.34. The topological polar surface area (TPSA) is 46.4 Å². The Labute approximate surface area is 144 Å². The number of hydrogen-bond acceptors (Lipinski definition) is 2. The molecule has 1 N–H and O–H groups in total. The van der Waals surface area contributed by atoms with Gasteiger partial charge in [-0.1, -0.05) is 20.8 Å². The molecule has 4 nitrogen and oxygen atoms in total. The number of nitrogens with one attached hydrogen (secondary N) is 1. The SMILES string of the molecule is CC(C)(C)Cc1c(NC(=O)CC2CC2)nc2ccc(C(F)(F)F)cn12. The minimum atomic E-state index is -4.42. The van der Waals surface area contributed by atoms with Crippen LogP contribution in [0.3, 0.4) is 0 Å². The molecule has 1 fully saturated rings. The Morgan fingerprint density at radius 2 is 1.96 bits per heavy atom. The molecule has 1 aliphatic carbocycles. The third-order valence-corrected chi connectivity index (χ3v) is 4.17. The van der Waals surface area contributed by atoms with Gasteiger partial charge in [-0.25, -0.2) is 4.98 Å². The molecule has 2 aromatic heterocycles. The lowest BCUT2D eigenvalue weighted by Gasteiger charge is -2.19. The minimum Gasteiger partial charge on any atom is -0.309 e. The quantitative estimate of drug-likeness (QED) is 0.867. The maximum atomic E-state index is 13.0. The van der Waals surface area contributed by atoms with Gasteiger partial charge in [0.1, 0.15) is 5.65 Å². The second-order valence-electron chi connectivity index (χ2n) is 7.98. The second kappa shape index (κ2) is 6.04. The first-order valence-corrected chi connectivity index (χ1v) is 8.41.